The third kappa shape index (κ3) is 22.5. The lowest BCUT2D eigenvalue weighted by Crippen LogP contribution is -2.14. The van der Waals surface area contributed by atoms with E-state index in [0.717, 1.165) is 0 Å². The third-order valence-electron chi connectivity index (χ3n) is 1.56. The van der Waals surface area contributed by atoms with Crippen molar-refractivity contribution in [1.82, 2.24) is 5.32 Å². The molecule has 0 atom stereocenters. The fraction of sp³-hybridized carbons (Fsp3) is 1.00. The Morgan fingerprint density at radius 3 is 1.25 bits per heavy atom. The first-order valence-electron chi connectivity index (χ1n) is 5.54. The van der Waals surface area contributed by atoms with Gasteiger partial charge < -0.3 is 5.32 Å². The Bertz CT molecular complexity index is 47.0. The van der Waals surface area contributed by atoms with E-state index in [1.165, 1.54) is 45.2 Å². The van der Waals surface area contributed by atoms with E-state index in [0.29, 0.717) is 0 Å². The SMILES string of the molecule is CCCCC.CCCNCCC. The second-order valence-corrected chi connectivity index (χ2v) is 3.10. The molecule has 0 aliphatic carbocycles. The molecule has 0 unspecified atom stereocenters. The minimum Gasteiger partial charge on any atom is -0.317 e. The highest BCUT2D eigenvalue weighted by Crippen LogP contribution is 1.88. The van der Waals surface area contributed by atoms with Gasteiger partial charge in [-0.15, -0.1) is 0 Å². The second-order valence-electron chi connectivity index (χ2n) is 3.10. The Labute approximate surface area is 78.9 Å². The van der Waals surface area contributed by atoms with Crippen molar-refractivity contribution in [1.29, 1.82) is 0 Å². The highest BCUT2D eigenvalue weighted by molar-refractivity contribution is 4.39. The molecular weight excluding hydrogens is 146 g/mol. The van der Waals surface area contributed by atoms with E-state index >= 15 is 0 Å². The number of hydrogen-bond donors (Lipinski definition) is 1. The summed E-state index contributed by atoms with van der Waals surface area (Å²) in [5.41, 5.74) is 0. The van der Waals surface area contributed by atoms with E-state index in [4.69, 9.17) is 0 Å². The van der Waals surface area contributed by atoms with Crippen LogP contribution in [0.4, 0.5) is 0 Å². The third-order valence-corrected chi connectivity index (χ3v) is 1.56. The summed E-state index contributed by atoms with van der Waals surface area (Å²) in [6.07, 6.45) is 6.58. The van der Waals surface area contributed by atoms with E-state index in [1.54, 1.807) is 0 Å². The molecule has 0 aliphatic heterocycles. The maximum Gasteiger partial charge on any atom is -0.00516 e. The lowest BCUT2D eigenvalue weighted by Gasteiger charge is -1.95. The van der Waals surface area contributed by atoms with Gasteiger partial charge in [-0.1, -0.05) is 47.0 Å². The van der Waals surface area contributed by atoms with Crippen molar-refractivity contribution in [3.63, 3.8) is 0 Å². The first kappa shape index (κ1) is 14.5. The first-order valence-corrected chi connectivity index (χ1v) is 5.54. The maximum absolute atomic E-state index is 3.28. The van der Waals surface area contributed by atoms with Gasteiger partial charge in [-0.2, -0.15) is 0 Å². The highest BCUT2D eigenvalue weighted by atomic mass is 14.8. The molecule has 0 radical (unpaired) electrons. The van der Waals surface area contributed by atoms with Crippen molar-refractivity contribution in [2.75, 3.05) is 13.1 Å². The van der Waals surface area contributed by atoms with Gasteiger partial charge in [-0.05, 0) is 25.9 Å². The lowest BCUT2D eigenvalue weighted by atomic mass is 10.3. The van der Waals surface area contributed by atoms with Gasteiger partial charge in [0.25, 0.3) is 0 Å². The van der Waals surface area contributed by atoms with Crippen LogP contribution in [0.1, 0.15) is 59.8 Å². The van der Waals surface area contributed by atoms with Crippen LogP contribution in [0.2, 0.25) is 0 Å². The van der Waals surface area contributed by atoms with Crippen molar-refractivity contribution in [2.24, 2.45) is 0 Å². The number of hydrogen-bond acceptors (Lipinski definition) is 1. The molecule has 0 bridgehead atoms. The van der Waals surface area contributed by atoms with E-state index in [9.17, 15) is 0 Å². The van der Waals surface area contributed by atoms with E-state index in [2.05, 4.69) is 33.0 Å². The van der Waals surface area contributed by atoms with E-state index in [1.807, 2.05) is 0 Å². The molecular formula is C11H27N. The summed E-state index contributed by atoms with van der Waals surface area (Å²) in [6.45, 7) is 11.1. The van der Waals surface area contributed by atoms with Crippen LogP contribution < -0.4 is 5.32 Å². The average Bonchev–Trinajstić information content (AvgIpc) is 2.08. The molecule has 1 heteroatoms. The molecule has 0 heterocycles. The van der Waals surface area contributed by atoms with Crippen LogP contribution in [0, 0.1) is 0 Å². The quantitative estimate of drug-likeness (QED) is 0.605. The molecule has 76 valence electrons. The fourth-order valence-corrected chi connectivity index (χ4v) is 0.832. The molecule has 1 N–H and O–H groups in total. The zero-order valence-electron chi connectivity index (χ0n) is 9.45. The number of nitrogens with one attached hydrogen (secondary N) is 1. The van der Waals surface area contributed by atoms with Crippen LogP contribution in [0.5, 0.6) is 0 Å². The van der Waals surface area contributed by atoms with Gasteiger partial charge in [-0.3, -0.25) is 0 Å². The van der Waals surface area contributed by atoms with Crippen molar-refractivity contribution in [2.45, 2.75) is 59.8 Å². The Morgan fingerprint density at radius 1 is 0.667 bits per heavy atom. The highest BCUT2D eigenvalue weighted by Gasteiger charge is 1.76. The van der Waals surface area contributed by atoms with Crippen molar-refractivity contribution >= 4 is 0 Å². The topological polar surface area (TPSA) is 12.0 Å². The zero-order valence-corrected chi connectivity index (χ0v) is 9.45. The summed E-state index contributed by atoms with van der Waals surface area (Å²) >= 11 is 0. The predicted molar refractivity (Wildman–Crippen MR) is 58.7 cm³/mol. The Kier molecular flexibility index (Phi) is 20.7. The smallest absolute Gasteiger partial charge is 0.00516 e. The normalized spacial score (nSPS) is 9.00. The van der Waals surface area contributed by atoms with Crippen LogP contribution in [0.15, 0.2) is 0 Å². The van der Waals surface area contributed by atoms with Crippen molar-refractivity contribution in [3.8, 4) is 0 Å². The molecule has 0 aromatic carbocycles. The molecule has 0 saturated heterocycles. The Balaban J connectivity index is 0. The summed E-state index contributed by atoms with van der Waals surface area (Å²) in [6, 6.07) is 0. The van der Waals surface area contributed by atoms with Crippen molar-refractivity contribution < 1.29 is 0 Å². The molecule has 1 nitrogen and oxygen atoms in total. The maximum atomic E-state index is 3.28. The van der Waals surface area contributed by atoms with Gasteiger partial charge in [0.05, 0.1) is 0 Å². The monoisotopic (exact) mass is 173 g/mol. The van der Waals surface area contributed by atoms with Gasteiger partial charge in [0.2, 0.25) is 0 Å². The molecule has 0 aromatic heterocycles. The van der Waals surface area contributed by atoms with Gasteiger partial charge in [0.1, 0.15) is 0 Å². The number of rotatable bonds is 6. The van der Waals surface area contributed by atoms with Crippen molar-refractivity contribution in [3.05, 3.63) is 0 Å². The standard InChI is InChI=1S/C6H15N.C5H12/c1-3-5-7-6-4-2;1-3-5-4-2/h7H,3-6H2,1-2H3;3-5H2,1-2H3. The summed E-state index contributed by atoms with van der Waals surface area (Å²) in [5, 5.41) is 3.28. The molecule has 0 aliphatic rings. The van der Waals surface area contributed by atoms with Crippen LogP contribution in [0.25, 0.3) is 0 Å². The molecule has 0 amide bonds. The molecule has 0 spiro atoms. The van der Waals surface area contributed by atoms with Gasteiger partial charge in [0, 0.05) is 0 Å². The minimum atomic E-state index is 1.17. The van der Waals surface area contributed by atoms with E-state index in [-0.39, 0.29) is 0 Å². The molecule has 0 saturated carbocycles. The minimum absolute atomic E-state index is 1.17. The second kappa shape index (κ2) is 17.2. The average molecular weight is 173 g/mol. The molecule has 0 aromatic rings. The van der Waals surface area contributed by atoms with Crippen LogP contribution in [0.3, 0.4) is 0 Å². The van der Waals surface area contributed by atoms with Gasteiger partial charge in [0.15, 0.2) is 0 Å². The van der Waals surface area contributed by atoms with Crippen LogP contribution >= 0.6 is 0 Å². The summed E-state index contributed by atoms with van der Waals surface area (Å²) in [7, 11) is 0. The Morgan fingerprint density at radius 2 is 1.08 bits per heavy atom. The zero-order chi connectivity index (χ0) is 9.66. The predicted octanol–water partition coefficient (Wildman–Crippen LogP) is 3.59. The molecule has 12 heavy (non-hydrogen) atoms. The summed E-state index contributed by atoms with van der Waals surface area (Å²) in [4.78, 5) is 0. The van der Waals surface area contributed by atoms with Gasteiger partial charge >= 0.3 is 0 Å². The van der Waals surface area contributed by atoms with E-state index < -0.39 is 0 Å². The van der Waals surface area contributed by atoms with Gasteiger partial charge in [-0.25, -0.2) is 0 Å². The fourth-order valence-electron chi connectivity index (χ4n) is 0.832. The van der Waals surface area contributed by atoms with Crippen LogP contribution in [-0.2, 0) is 0 Å². The lowest BCUT2D eigenvalue weighted by molar-refractivity contribution is 0.662. The molecule has 0 rings (SSSR count). The van der Waals surface area contributed by atoms with Crippen LogP contribution in [-0.4, -0.2) is 13.1 Å². The summed E-state index contributed by atoms with van der Waals surface area (Å²) in [5.74, 6) is 0. The number of unbranched alkanes of at least 4 members (excludes halogenated alkanes) is 2. The summed E-state index contributed by atoms with van der Waals surface area (Å²) < 4.78 is 0. The molecule has 0 fully saturated rings. The largest absolute Gasteiger partial charge is 0.317 e. The Hall–Kier alpha value is -0.0400. The first-order chi connectivity index (χ1) is 5.83.